The fourth-order valence-electron chi connectivity index (χ4n) is 4.02. The molecular formula is C22H20F3N3O4. The van der Waals surface area contributed by atoms with Crippen molar-refractivity contribution in [3.8, 4) is 17.2 Å². The summed E-state index contributed by atoms with van der Waals surface area (Å²) in [7, 11) is 0. The summed E-state index contributed by atoms with van der Waals surface area (Å²) in [5.74, 6) is -0.222. The zero-order valence-corrected chi connectivity index (χ0v) is 17.2. The van der Waals surface area contributed by atoms with Gasteiger partial charge in [0.15, 0.2) is 11.5 Å². The van der Waals surface area contributed by atoms with E-state index in [1.165, 1.54) is 12.1 Å². The quantitative estimate of drug-likeness (QED) is 0.663. The predicted molar refractivity (Wildman–Crippen MR) is 108 cm³/mol. The number of nitrogens with one attached hydrogen (secondary N) is 1. The van der Waals surface area contributed by atoms with Crippen molar-refractivity contribution < 1.29 is 32.2 Å². The SMILES string of the molecule is C[C@@H]1Cc2cc(CNC(=O)Cn3c(C(F)(F)F)nc4cc5c(cc43)OCCO5)ccc2O1. The highest BCUT2D eigenvalue weighted by molar-refractivity contribution is 5.84. The second-order valence-electron chi connectivity index (χ2n) is 7.86. The lowest BCUT2D eigenvalue weighted by molar-refractivity contribution is -0.147. The van der Waals surface area contributed by atoms with E-state index in [-0.39, 0.29) is 23.7 Å². The van der Waals surface area contributed by atoms with Crippen LogP contribution in [0.3, 0.4) is 0 Å². The molecule has 0 radical (unpaired) electrons. The van der Waals surface area contributed by atoms with Crippen LogP contribution in [0, 0.1) is 0 Å². The number of benzene rings is 2. The lowest BCUT2D eigenvalue weighted by Crippen LogP contribution is -2.29. The van der Waals surface area contributed by atoms with Crippen LogP contribution in [0.2, 0.25) is 0 Å². The number of carbonyl (C=O) groups is 1. The number of hydrogen-bond acceptors (Lipinski definition) is 5. The van der Waals surface area contributed by atoms with Crippen LogP contribution in [0.15, 0.2) is 30.3 Å². The molecule has 0 saturated heterocycles. The topological polar surface area (TPSA) is 74.6 Å². The minimum absolute atomic E-state index is 0.0853. The summed E-state index contributed by atoms with van der Waals surface area (Å²) in [4.78, 5) is 16.3. The van der Waals surface area contributed by atoms with Crippen molar-refractivity contribution in [2.75, 3.05) is 13.2 Å². The van der Waals surface area contributed by atoms with Crippen LogP contribution < -0.4 is 19.5 Å². The molecule has 0 saturated carbocycles. The van der Waals surface area contributed by atoms with Gasteiger partial charge in [-0.2, -0.15) is 13.2 Å². The highest BCUT2D eigenvalue weighted by Crippen LogP contribution is 2.38. The number of ether oxygens (including phenoxy) is 3. The summed E-state index contributed by atoms with van der Waals surface area (Å²) in [6.07, 6.45) is -3.84. The van der Waals surface area contributed by atoms with Gasteiger partial charge in [0.1, 0.15) is 31.6 Å². The van der Waals surface area contributed by atoms with Crippen molar-refractivity contribution in [3.05, 3.63) is 47.3 Å². The van der Waals surface area contributed by atoms with E-state index in [1.54, 1.807) is 0 Å². The van der Waals surface area contributed by atoms with Gasteiger partial charge in [-0.3, -0.25) is 4.79 Å². The Morgan fingerprint density at radius 1 is 1.16 bits per heavy atom. The Hall–Kier alpha value is -3.43. The predicted octanol–water partition coefficient (Wildman–Crippen LogP) is 3.47. The number of amides is 1. The summed E-state index contributed by atoms with van der Waals surface area (Å²) in [6, 6.07) is 8.45. The van der Waals surface area contributed by atoms with Crippen LogP contribution in [0.1, 0.15) is 23.9 Å². The first kappa shape index (κ1) is 20.5. The molecule has 0 bridgehead atoms. The van der Waals surface area contributed by atoms with Gasteiger partial charge in [-0.25, -0.2) is 4.98 Å². The lowest BCUT2D eigenvalue weighted by Gasteiger charge is -2.18. The van der Waals surface area contributed by atoms with E-state index in [1.807, 2.05) is 25.1 Å². The van der Waals surface area contributed by atoms with E-state index in [0.717, 1.165) is 27.9 Å². The largest absolute Gasteiger partial charge is 0.490 e. The summed E-state index contributed by atoms with van der Waals surface area (Å²) in [5, 5.41) is 2.69. The average molecular weight is 447 g/mol. The maximum Gasteiger partial charge on any atom is 0.449 e. The molecule has 3 heterocycles. The Morgan fingerprint density at radius 3 is 2.66 bits per heavy atom. The van der Waals surface area contributed by atoms with Gasteiger partial charge >= 0.3 is 6.18 Å². The molecule has 3 aromatic rings. The van der Waals surface area contributed by atoms with Crippen LogP contribution in [0.4, 0.5) is 13.2 Å². The lowest BCUT2D eigenvalue weighted by atomic mass is 10.1. The molecule has 0 spiro atoms. The van der Waals surface area contributed by atoms with E-state index in [2.05, 4.69) is 10.3 Å². The van der Waals surface area contributed by atoms with Crippen LogP contribution in [-0.2, 0) is 30.5 Å². The summed E-state index contributed by atoms with van der Waals surface area (Å²) in [5.41, 5.74) is 2.14. The molecule has 0 fully saturated rings. The molecule has 0 unspecified atom stereocenters. The number of imidazole rings is 1. The number of fused-ring (bicyclic) bond motifs is 3. The van der Waals surface area contributed by atoms with Gasteiger partial charge in [0.25, 0.3) is 0 Å². The average Bonchev–Trinajstić information content (AvgIpc) is 3.29. The van der Waals surface area contributed by atoms with E-state index in [9.17, 15) is 18.0 Å². The molecule has 5 rings (SSSR count). The first-order valence-corrected chi connectivity index (χ1v) is 10.2. The minimum Gasteiger partial charge on any atom is -0.490 e. The number of rotatable bonds is 4. The fourth-order valence-corrected chi connectivity index (χ4v) is 4.02. The zero-order valence-electron chi connectivity index (χ0n) is 17.2. The number of halogens is 3. The second-order valence-corrected chi connectivity index (χ2v) is 7.86. The Morgan fingerprint density at radius 2 is 1.91 bits per heavy atom. The van der Waals surface area contributed by atoms with E-state index >= 15 is 0 Å². The highest BCUT2D eigenvalue weighted by Gasteiger charge is 2.38. The standard InChI is InChI=1S/C22H20F3N3O4/c1-12-6-14-7-13(2-3-17(14)32-12)10-26-20(29)11-28-16-9-19-18(30-4-5-31-19)8-15(16)27-21(28)22(23,24)25/h2-3,7-9,12H,4-6,10-11H2,1H3,(H,26,29)/t12-/m1/s1. The third-order valence-corrected chi connectivity index (χ3v) is 5.42. The number of alkyl halides is 3. The summed E-state index contributed by atoms with van der Waals surface area (Å²) in [6.45, 7) is 2.24. The van der Waals surface area contributed by atoms with E-state index in [0.29, 0.717) is 24.7 Å². The number of nitrogens with zero attached hydrogens (tertiary/aromatic N) is 2. The van der Waals surface area contributed by atoms with Crippen molar-refractivity contribution in [1.29, 1.82) is 0 Å². The monoisotopic (exact) mass is 447 g/mol. The van der Waals surface area contributed by atoms with Gasteiger partial charge in [0.05, 0.1) is 11.0 Å². The Labute approximate surface area is 181 Å². The van der Waals surface area contributed by atoms with Crippen LogP contribution >= 0.6 is 0 Å². The number of aromatic nitrogens is 2. The molecule has 1 N–H and O–H groups in total. The third-order valence-electron chi connectivity index (χ3n) is 5.42. The van der Waals surface area contributed by atoms with Gasteiger partial charge in [0, 0.05) is 25.1 Å². The molecule has 2 aliphatic heterocycles. The number of carbonyl (C=O) groups excluding carboxylic acids is 1. The van der Waals surface area contributed by atoms with Crippen molar-refractivity contribution in [3.63, 3.8) is 0 Å². The van der Waals surface area contributed by atoms with Crippen molar-refractivity contribution in [1.82, 2.24) is 14.9 Å². The third kappa shape index (κ3) is 3.80. The molecule has 1 amide bonds. The molecule has 32 heavy (non-hydrogen) atoms. The Bertz CT molecular complexity index is 1210. The highest BCUT2D eigenvalue weighted by atomic mass is 19.4. The van der Waals surface area contributed by atoms with E-state index in [4.69, 9.17) is 14.2 Å². The normalized spacial score (nSPS) is 17.2. The molecule has 1 aromatic heterocycles. The smallest absolute Gasteiger partial charge is 0.449 e. The van der Waals surface area contributed by atoms with Crippen molar-refractivity contribution in [2.24, 2.45) is 0 Å². The van der Waals surface area contributed by atoms with E-state index < -0.39 is 24.5 Å². The zero-order chi connectivity index (χ0) is 22.5. The summed E-state index contributed by atoms with van der Waals surface area (Å²) >= 11 is 0. The maximum atomic E-state index is 13.6. The maximum absolute atomic E-state index is 13.6. The second kappa shape index (κ2) is 7.61. The molecule has 1 atom stereocenters. The van der Waals surface area contributed by atoms with Crippen LogP contribution in [-0.4, -0.2) is 34.8 Å². The molecular weight excluding hydrogens is 427 g/mol. The first-order chi connectivity index (χ1) is 15.3. The Balaban J connectivity index is 1.38. The first-order valence-electron chi connectivity index (χ1n) is 10.2. The van der Waals surface area contributed by atoms with Gasteiger partial charge in [-0.15, -0.1) is 0 Å². The van der Waals surface area contributed by atoms with Crippen LogP contribution in [0.5, 0.6) is 17.2 Å². The summed E-state index contributed by atoms with van der Waals surface area (Å²) < 4.78 is 58.3. The molecule has 168 valence electrons. The Kier molecular flexibility index (Phi) is 4.87. The molecule has 7 nitrogen and oxygen atoms in total. The van der Waals surface area contributed by atoms with Crippen molar-refractivity contribution >= 4 is 16.9 Å². The van der Waals surface area contributed by atoms with Gasteiger partial charge in [-0.1, -0.05) is 12.1 Å². The van der Waals surface area contributed by atoms with Gasteiger partial charge < -0.3 is 24.1 Å². The molecule has 10 heteroatoms. The van der Waals surface area contributed by atoms with Crippen LogP contribution in [0.25, 0.3) is 11.0 Å². The minimum atomic E-state index is -4.72. The molecule has 2 aliphatic rings. The van der Waals surface area contributed by atoms with Gasteiger partial charge in [0.2, 0.25) is 11.7 Å². The molecule has 0 aliphatic carbocycles. The van der Waals surface area contributed by atoms with Gasteiger partial charge in [-0.05, 0) is 24.1 Å². The molecule has 2 aromatic carbocycles. The fraction of sp³-hybridized carbons (Fsp3) is 0.364. The number of hydrogen-bond donors (Lipinski definition) is 1. The van der Waals surface area contributed by atoms with Crippen molar-refractivity contribution in [2.45, 2.75) is 38.7 Å².